The fourth-order valence-electron chi connectivity index (χ4n) is 3.51. The van der Waals surface area contributed by atoms with Crippen LogP contribution in [0.3, 0.4) is 0 Å². The van der Waals surface area contributed by atoms with Gasteiger partial charge in [-0.1, -0.05) is 0 Å². The summed E-state index contributed by atoms with van der Waals surface area (Å²) < 4.78 is 52.5. The molecule has 4 rings (SSSR count). The summed E-state index contributed by atoms with van der Waals surface area (Å²) in [6, 6.07) is 2.65. The van der Waals surface area contributed by atoms with Crippen LogP contribution in [0.25, 0.3) is 5.65 Å². The fraction of sp³-hybridized carbons (Fsp3) is 0.435. The number of amides is 1. The van der Waals surface area contributed by atoms with E-state index in [2.05, 4.69) is 15.3 Å². The highest BCUT2D eigenvalue weighted by Gasteiger charge is 2.30. The summed E-state index contributed by atoms with van der Waals surface area (Å²) in [7, 11) is 0. The zero-order valence-corrected chi connectivity index (χ0v) is 19.8. The maximum absolute atomic E-state index is 13.6. The second kappa shape index (κ2) is 9.36. The van der Waals surface area contributed by atoms with Crippen LogP contribution in [0.4, 0.5) is 13.2 Å². The number of rotatable bonds is 7. The lowest BCUT2D eigenvalue weighted by Gasteiger charge is -2.33. The summed E-state index contributed by atoms with van der Waals surface area (Å²) in [4.78, 5) is 21.1. The van der Waals surface area contributed by atoms with Crippen molar-refractivity contribution in [1.82, 2.24) is 19.7 Å². The number of carbonyl (C=O) groups excluding carboxylic acids is 1. The molecule has 0 saturated carbocycles. The third-order valence-electron chi connectivity index (χ3n) is 5.47. The molecule has 0 aromatic carbocycles. The molecule has 11 heteroatoms. The second-order valence-electron chi connectivity index (χ2n) is 8.76. The van der Waals surface area contributed by atoms with Crippen LogP contribution < -0.4 is 14.8 Å². The number of carbonyl (C=O) groups is 1. The largest absolute Gasteiger partial charge is 0.482 e. The maximum Gasteiger partial charge on any atom is 0.278 e. The van der Waals surface area contributed by atoms with Gasteiger partial charge in [0, 0.05) is 24.7 Å². The average Bonchev–Trinajstić information content (AvgIpc) is 3.16. The van der Waals surface area contributed by atoms with Gasteiger partial charge in [0.25, 0.3) is 17.7 Å². The van der Waals surface area contributed by atoms with Crippen molar-refractivity contribution in [3.8, 4) is 17.4 Å². The van der Waals surface area contributed by atoms with E-state index in [1.807, 2.05) is 18.7 Å². The molecule has 3 aromatic rings. The molecule has 4 heterocycles. The first-order valence-electron chi connectivity index (χ1n) is 10.7. The number of thioether (sulfide) groups is 1. The number of pyridine rings is 2. The van der Waals surface area contributed by atoms with E-state index in [4.69, 9.17) is 9.47 Å². The number of alkyl halides is 2. The molecule has 1 N–H and O–H groups in total. The quantitative estimate of drug-likeness (QED) is 0.497. The van der Waals surface area contributed by atoms with E-state index >= 15 is 0 Å². The number of aromatic nitrogens is 3. The minimum atomic E-state index is -3.11. The molecule has 0 atom stereocenters. The molecule has 3 aromatic heterocycles. The van der Waals surface area contributed by atoms with E-state index in [9.17, 15) is 18.0 Å². The van der Waals surface area contributed by atoms with E-state index in [0.29, 0.717) is 23.9 Å². The lowest BCUT2D eigenvalue weighted by molar-refractivity contribution is -0.0236. The average molecular weight is 495 g/mol. The van der Waals surface area contributed by atoms with Crippen LogP contribution in [-0.2, 0) is 0 Å². The molecule has 0 bridgehead atoms. The van der Waals surface area contributed by atoms with Crippen molar-refractivity contribution >= 4 is 23.3 Å². The third-order valence-corrected chi connectivity index (χ3v) is 6.45. The Bertz CT molecular complexity index is 1210. The first-order chi connectivity index (χ1) is 16.0. The van der Waals surface area contributed by atoms with Crippen molar-refractivity contribution in [3.63, 3.8) is 0 Å². The Morgan fingerprint density at radius 3 is 2.71 bits per heavy atom. The number of imidazole rings is 1. The number of fused-ring (bicyclic) bond motifs is 1. The van der Waals surface area contributed by atoms with Crippen LogP contribution >= 0.6 is 11.8 Å². The predicted molar refractivity (Wildman–Crippen MR) is 123 cm³/mol. The van der Waals surface area contributed by atoms with Gasteiger partial charge in [-0.15, -0.1) is 0 Å². The topological polar surface area (TPSA) is 77.8 Å². The maximum atomic E-state index is 13.6. The van der Waals surface area contributed by atoms with Crippen molar-refractivity contribution in [1.29, 1.82) is 0 Å². The third kappa shape index (κ3) is 5.75. The van der Waals surface area contributed by atoms with Crippen molar-refractivity contribution < 1.29 is 27.4 Å². The van der Waals surface area contributed by atoms with E-state index < -0.39 is 18.3 Å². The molecule has 0 unspecified atom stereocenters. The lowest BCUT2D eigenvalue weighted by atomic mass is 9.95. The molecule has 1 aliphatic rings. The summed E-state index contributed by atoms with van der Waals surface area (Å²) >= 11 is 1.88. The molecule has 7 nitrogen and oxygen atoms in total. The molecule has 1 amide bonds. The molecular formula is C23H25F3N4O3S. The van der Waals surface area contributed by atoms with Gasteiger partial charge in [0.1, 0.15) is 22.9 Å². The van der Waals surface area contributed by atoms with Gasteiger partial charge in [-0.2, -0.15) is 11.8 Å². The minimum Gasteiger partial charge on any atom is -0.482 e. The first kappa shape index (κ1) is 24.2. The summed E-state index contributed by atoms with van der Waals surface area (Å²) in [5.74, 6) is -2.19. The summed E-state index contributed by atoms with van der Waals surface area (Å²) in [5.41, 5.74) is 1.19. The number of nitrogens with one attached hydrogen (secondary N) is 1. The van der Waals surface area contributed by atoms with E-state index in [-0.39, 0.29) is 28.8 Å². The molecule has 34 heavy (non-hydrogen) atoms. The van der Waals surface area contributed by atoms with Gasteiger partial charge in [0.15, 0.2) is 12.4 Å². The van der Waals surface area contributed by atoms with Gasteiger partial charge in [-0.3, -0.25) is 4.79 Å². The minimum absolute atomic E-state index is 0.158. The monoisotopic (exact) mass is 494 g/mol. The smallest absolute Gasteiger partial charge is 0.278 e. The number of halogens is 3. The van der Waals surface area contributed by atoms with Crippen LogP contribution in [0.5, 0.6) is 17.4 Å². The molecule has 1 fully saturated rings. The Balaban J connectivity index is 1.57. The first-order valence-corrected chi connectivity index (χ1v) is 11.9. The van der Waals surface area contributed by atoms with E-state index in [0.717, 1.165) is 36.6 Å². The Hall–Kier alpha value is -2.95. The van der Waals surface area contributed by atoms with Crippen LogP contribution in [0, 0.1) is 12.7 Å². The van der Waals surface area contributed by atoms with E-state index in [1.54, 1.807) is 29.8 Å². The second-order valence-corrected chi connectivity index (χ2v) is 9.98. The Labute approximate surface area is 199 Å². The van der Waals surface area contributed by atoms with Gasteiger partial charge in [-0.25, -0.2) is 23.1 Å². The highest BCUT2D eigenvalue weighted by molar-refractivity contribution is 7.99. The molecule has 1 aliphatic heterocycles. The van der Waals surface area contributed by atoms with Crippen molar-refractivity contribution in [2.24, 2.45) is 0 Å². The fourth-order valence-corrected chi connectivity index (χ4v) is 4.90. The molecule has 1 saturated heterocycles. The SMILES string of the molecule is Cc1cc2nc(C(=O)NC3(C)CCSCC3)cn2cc1Oc1ncc(F)cc1OCC(C)(F)F. The summed E-state index contributed by atoms with van der Waals surface area (Å²) in [6.07, 6.45) is 5.88. The molecule has 182 valence electrons. The van der Waals surface area contributed by atoms with Crippen molar-refractivity contribution in [3.05, 3.63) is 47.8 Å². The number of nitrogens with zero attached hydrogens (tertiary/aromatic N) is 3. The van der Waals surface area contributed by atoms with Gasteiger partial charge < -0.3 is 19.2 Å². The van der Waals surface area contributed by atoms with Crippen LogP contribution in [0.2, 0.25) is 0 Å². The van der Waals surface area contributed by atoms with Crippen LogP contribution in [0.1, 0.15) is 42.7 Å². The number of ether oxygens (including phenoxy) is 2. The Kier molecular flexibility index (Phi) is 6.66. The Morgan fingerprint density at radius 2 is 2.00 bits per heavy atom. The van der Waals surface area contributed by atoms with Crippen LogP contribution in [-0.4, -0.2) is 49.8 Å². The molecular weight excluding hydrogens is 469 g/mol. The van der Waals surface area contributed by atoms with Crippen molar-refractivity contribution in [2.75, 3.05) is 18.1 Å². The zero-order valence-electron chi connectivity index (χ0n) is 19.0. The van der Waals surface area contributed by atoms with Gasteiger partial charge in [0.2, 0.25) is 0 Å². The van der Waals surface area contributed by atoms with Crippen molar-refractivity contribution in [2.45, 2.75) is 45.1 Å². The standard InChI is InChI=1S/C23H25F3N4O3S/c1-14-8-19-28-16(20(31)29-22(2)4-6-34-7-5-22)11-30(19)12-18(14)33-21-17(9-15(24)10-27-21)32-13-23(3,25)26/h8-12H,4-7,13H2,1-3H3,(H,29,31). The molecule has 0 radical (unpaired) electrons. The Morgan fingerprint density at radius 1 is 1.26 bits per heavy atom. The molecule has 0 aliphatic carbocycles. The summed E-state index contributed by atoms with van der Waals surface area (Å²) in [6.45, 7) is 3.54. The van der Waals surface area contributed by atoms with Gasteiger partial charge in [0.05, 0.1) is 12.4 Å². The van der Waals surface area contributed by atoms with Crippen LogP contribution in [0.15, 0.2) is 30.7 Å². The van der Waals surface area contributed by atoms with Gasteiger partial charge in [-0.05, 0) is 49.8 Å². The number of hydrogen-bond donors (Lipinski definition) is 1. The highest BCUT2D eigenvalue weighted by Crippen LogP contribution is 2.33. The predicted octanol–water partition coefficient (Wildman–Crippen LogP) is 5.02. The number of hydrogen-bond acceptors (Lipinski definition) is 6. The normalized spacial score (nSPS) is 15.8. The zero-order chi connectivity index (χ0) is 24.5. The number of aryl methyl sites for hydroxylation is 1. The lowest BCUT2D eigenvalue weighted by Crippen LogP contribution is -2.48. The molecule has 0 spiro atoms. The highest BCUT2D eigenvalue weighted by atomic mass is 32.2. The van der Waals surface area contributed by atoms with E-state index in [1.165, 1.54) is 0 Å². The summed E-state index contributed by atoms with van der Waals surface area (Å²) in [5, 5.41) is 3.10. The van der Waals surface area contributed by atoms with Gasteiger partial charge >= 0.3 is 0 Å².